The van der Waals surface area contributed by atoms with Gasteiger partial charge in [0.2, 0.25) is 0 Å². The Morgan fingerprint density at radius 2 is 1.31 bits per heavy atom. The lowest BCUT2D eigenvalue weighted by Gasteiger charge is -2.34. The van der Waals surface area contributed by atoms with Crippen LogP contribution in [0.2, 0.25) is 0 Å². The SMILES string of the molecule is Oc1ccc(/C=C/CN2CCN(CCOC(c3ccccc3)c3ccccc3)CC2)cc1. The fraction of sp³-hybridized carbons (Fsp3) is 0.286. The summed E-state index contributed by atoms with van der Waals surface area (Å²) in [5, 5.41) is 9.37. The summed E-state index contributed by atoms with van der Waals surface area (Å²) in [6, 6.07) is 28.3. The molecule has 166 valence electrons. The first kappa shape index (κ1) is 22.3. The van der Waals surface area contributed by atoms with Gasteiger partial charge in [-0.2, -0.15) is 0 Å². The van der Waals surface area contributed by atoms with E-state index in [-0.39, 0.29) is 6.10 Å². The topological polar surface area (TPSA) is 35.9 Å². The molecule has 0 aromatic heterocycles. The van der Waals surface area contributed by atoms with Crippen LogP contribution in [0.3, 0.4) is 0 Å². The van der Waals surface area contributed by atoms with Crippen molar-refractivity contribution in [2.45, 2.75) is 6.10 Å². The van der Waals surface area contributed by atoms with Crippen molar-refractivity contribution in [2.75, 3.05) is 45.9 Å². The van der Waals surface area contributed by atoms with E-state index in [0.29, 0.717) is 5.75 Å². The molecule has 0 spiro atoms. The third-order valence-corrected chi connectivity index (χ3v) is 5.93. The van der Waals surface area contributed by atoms with Gasteiger partial charge in [0.1, 0.15) is 11.9 Å². The van der Waals surface area contributed by atoms with Crippen molar-refractivity contribution in [2.24, 2.45) is 0 Å². The molecular weight excluding hydrogens is 396 g/mol. The number of ether oxygens (including phenoxy) is 1. The van der Waals surface area contributed by atoms with E-state index in [4.69, 9.17) is 4.74 Å². The van der Waals surface area contributed by atoms with E-state index in [0.717, 1.165) is 51.4 Å². The molecule has 1 aliphatic rings. The van der Waals surface area contributed by atoms with Gasteiger partial charge in [0.05, 0.1) is 6.61 Å². The van der Waals surface area contributed by atoms with Gasteiger partial charge in [0.25, 0.3) is 0 Å². The first-order chi connectivity index (χ1) is 15.8. The highest BCUT2D eigenvalue weighted by Gasteiger charge is 2.18. The van der Waals surface area contributed by atoms with Crippen LogP contribution in [0.25, 0.3) is 6.08 Å². The lowest BCUT2D eigenvalue weighted by Crippen LogP contribution is -2.47. The summed E-state index contributed by atoms with van der Waals surface area (Å²) < 4.78 is 6.38. The van der Waals surface area contributed by atoms with E-state index >= 15 is 0 Å². The van der Waals surface area contributed by atoms with Gasteiger partial charge < -0.3 is 9.84 Å². The molecule has 1 aliphatic heterocycles. The van der Waals surface area contributed by atoms with Crippen LogP contribution in [-0.2, 0) is 4.74 Å². The van der Waals surface area contributed by atoms with Crippen molar-refractivity contribution >= 4 is 6.08 Å². The Labute approximate surface area is 191 Å². The van der Waals surface area contributed by atoms with Crippen molar-refractivity contribution in [1.29, 1.82) is 0 Å². The highest BCUT2D eigenvalue weighted by atomic mass is 16.5. The molecule has 32 heavy (non-hydrogen) atoms. The molecule has 0 bridgehead atoms. The van der Waals surface area contributed by atoms with Crippen LogP contribution in [0.4, 0.5) is 0 Å². The fourth-order valence-electron chi connectivity index (χ4n) is 4.06. The summed E-state index contributed by atoms with van der Waals surface area (Å²) in [6.45, 7) is 6.90. The molecule has 3 aromatic carbocycles. The van der Waals surface area contributed by atoms with Crippen LogP contribution >= 0.6 is 0 Å². The Hall–Kier alpha value is -2.92. The van der Waals surface area contributed by atoms with E-state index < -0.39 is 0 Å². The van der Waals surface area contributed by atoms with Crippen LogP contribution in [0.15, 0.2) is 91.0 Å². The molecule has 4 rings (SSSR count). The minimum atomic E-state index is -0.0243. The van der Waals surface area contributed by atoms with Gasteiger partial charge in [-0.15, -0.1) is 0 Å². The summed E-state index contributed by atoms with van der Waals surface area (Å²) in [6.07, 6.45) is 4.30. The maximum Gasteiger partial charge on any atom is 0.115 e. The van der Waals surface area contributed by atoms with Crippen molar-refractivity contribution < 1.29 is 9.84 Å². The fourth-order valence-corrected chi connectivity index (χ4v) is 4.06. The van der Waals surface area contributed by atoms with E-state index in [1.807, 2.05) is 24.3 Å². The molecule has 0 unspecified atom stereocenters. The number of hydrogen-bond donors (Lipinski definition) is 1. The second kappa shape index (κ2) is 11.6. The van der Waals surface area contributed by atoms with Crippen LogP contribution in [0.1, 0.15) is 22.8 Å². The zero-order chi connectivity index (χ0) is 22.0. The molecule has 0 atom stereocenters. The number of phenols is 1. The smallest absolute Gasteiger partial charge is 0.115 e. The van der Waals surface area contributed by atoms with E-state index in [1.54, 1.807) is 12.1 Å². The molecule has 4 heteroatoms. The third kappa shape index (κ3) is 6.54. The van der Waals surface area contributed by atoms with Crippen LogP contribution in [0.5, 0.6) is 5.75 Å². The molecule has 0 radical (unpaired) electrons. The average Bonchev–Trinajstić information content (AvgIpc) is 2.85. The molecule has 1 fully saturated rings. The Kier molecular flexibility index (Phi) is 8.10. The molecule has 0 saturated carbocycles. The zero-order valence-electron chi connectivity index (χ0n) is 18.5. The van der Waals surface area contributed by atoms with Gasteiger partial charge in [-0.3, -0.25) is 9.80 Å². The summed E-state index contributed by atoms with van der Waals surface area (Å²) in [7, 11) is 0. The van der Waals surface area contributed by atoms with Gasteiger partial charge in [0, 0.05) is 39.3 Å². The van der Waals surface area contributed by atoms with E-state index in [1.165, 1.54) is 11.1 Å². The molecule has 1 N–H and O–H groups in total. The van der Waals surface area contributed by atoms with E-state index in [2.05, 4.69) is 70.5 Å². The summed E-state index contributed by atoms with van der Waals surface area (Å²) in [5.41, 5.74) is 3.51. The molecule has 3 aromatic rings. The predicted molar refractivity (Wildman–Crippen MR) is 131 cm³/mol. The minimum Gasteiger partial charge on any atom is -0.508 e. The molecule has 0 amide bonds. The predicted octanol–water partition coefficient (Wildman–Crippen LogP) is 4.83. The minimum absolute atomic E-state index is 0.0243. The number of aromatic hydroxyl groups is 1. The van der Waals surface area contributed by atoms with Gasteiger partial charge in [-0.05, 0) is 28.8 Å². The Morgan fingerprint density at radius 3 is 1.91 bits per heavy atom. The highest BCUT2D eigenvalue weighted by molar-refractivity contribution is 5.50. The first-order valence-electron chi connectivity index (χ1n) is 11.4. The maximum absolute atomic E-state index is 9.37. The number of nitrogens with zero attached hydrogens (tertiary/aromatic N) is 2. The standard InChI is InChI=1S/C28H32N2O2/c31-27-15-13-24(14-16-27)8-7-17-29-18-20-30(21-19-29)22-23-32-28(25-9-3-1-4-10-25)26-11-5-2-6-12-26/h1-16,28,31H,17-23H2/b8-7+. The number of benzene rings is 3. The second-order valence-electron chi connectivity index (χ2n) is 8.21. The lowest BCUT2D eigenvalue weighted by molar-refractivity contribution is 0.0468. The van der Waals surface area contributed by atoms with Gasteiger partial charge in [-0.1, -0.05) is 84.9 Å². The molecule has 1 heterocycles. The Balaban J connectivity index is 1.21. The second-order valence-corrected chi connectivity index (χ2v) is 8.21. The molecule has 4 nitrogen and oxygen atoms in total. The molecule has 1 saturated heterocycles. The number of piperazine rings is 1. The third-order valence-electron chi connectivity index (χ3n) is 5.93. The summed E-state index contributed by atoms with van der Waals surface area (Å²) >= 11 is 0. The monoisotopic (exact) mass is 428 g/mol. The Morgan fingerprint density at radius 1 is 0.750 bits per heavy atom. The van der Waals surface area contributed by atoms with Crippen LogP contribution < -0.4 is 0 Å². The van der Waals surface area contributed by atoms with Gasteiger partial charge in [0.15, 0.2) is 0 Å². The summed E-state index contributed by atoms with van der Waals surface area (Å²) in [4.78, 5) is 4.97. The Bertz CT molecular complexity index is 910. The van der Waals surface area contributed by atoms with Crippen molar-refractivity contribution in [3.8, 4) is 5.75 Å². The van der Waals surface area contributed by atoms with Crippen molar-refractivity contribution in [3.63, 3.8) is 0 Å². The average molecular weight is 429 g/mol. The molecular formula is C28H32N2O2. The largest absolute Gasteiger partial charge is 0.508 e. The lowest BCUT2D eigenvalue weighted by atomic mass is 10.0. The highest BCUT2D eigenvalue weighted by Crippen LogP contribution is 2.25. The summed E-state index contributed by atoms with van der Waals surface area (Å²) in [5.74, 6) is 0.307. The number of phenolic OH excluding ortho intramolecular Hbond substituents is 1. The van der Waals surface area contributed by atoms with Crippen LogP contribution in [0, 0.1) is 0 Å². The number of hydrogen-bond acceptors (Lipinski definition) is 4. The van der Waals surface area contributed by atoms with Gasteiger partial charge >= 0.3 is 0 Å². The first-order valence-corrected chi connectivity index (χ1v) is 11.4. The van der Waals surface area contributed by atoms with Crippen LogP contribution in [-0.4, -0.2) is 60.8 Å². The zero-order valence-corrected chi connectivity index (χ0v) is 18.5. The molecule has 0 aliphatic carbocycles. The quantitative estimate of drug-likeness (QED) is 0.530. The number of rotatable bonds is 9. The maximum atomic E-state index is 9.37. The van der Waals surface area contributed by atoms with Crippen molar-refractivity contribution in [3.05, 3.63) is 108 Å². The normalized spacial score (nSPS) is 15.5. The van der Waals surface area contributed by atoms with Crippen molar-refractivity contribution in [1.82, 2.24) is 9.80 Å². The van der Waals surface area contributed by atoms with E-state index in [9.17, 15) is 5.11 Å². The van der Waals surface area contributed by atoms with Gasteiger partial charge in [-0.25, -0.2) is 0 Å².